The smallest absolute Gasteiger partial charge is 0.280 e. The van der Waals surface area contributed by atoms with E-state index in [9.17, 15) is 19.4 Å². The topological polar surface area (TPSA) is 198 Å². The highest BCUT2D eigenvalue weighted by atomic mass is 31.2. The van der Waals surface area contributed by atoms with Crippen LogP contribution in [0.15, 0.2) is 11.1 Å². The van der Waals surface area contributed by atoms with Crippen molar-refractivity contribution >= 4 is 24.9 Å². The maximum absolute atomic E-state index is 11.9. The van der Waals surface area contributed by atoms with Gasteiger partial charge in [0, 0.05) is 0 Å². The molecule has 2 aromatic rings. The van der Waals surface area contributed by atoms with Crippen molar-refractivity contribution < 1.29 is 33.5 Å². The van der Waals surface area contributed by atoms with Gasteiger partial charge >= 0.3 is 0 Å². The molecular weight excluding hydrogens is 385 g/mol. The van der Waals surface area contributed by atoms with Gasteiger partial charge in [-0.05, 0) is 13.8 Å². The number of rotatable bonds is 6. The summed E-state index contributed by atoms with van der Waals surface area (Å²) < 4.78 is 27.8. The minimum Gasteiger partial charge on any atom is -0.756 e. The second kappa shape index (κ2) is 7.28. The minimum absolute atomic E-state index is 0.0135. The summed E-state index contributed by atoms with van der Waals surface area (Å²) in [5.74, 6) is -0.149. The van der Waals surface area contributed by atoms with Crippen molar-refractivity contribution in [1.29, 1.82) is 0 Å². The first-order valence-electron chi connectivity index (χ1n) is 7.96. The van der Waals surface area contributed by atoms with E-state index in [1.54, 1.807) is 13.8 Å². The third kappa shape index (κ3) is 4.19. The summed E-state index contributed by atoms with van der Waals surface area (Å²) in [6, 6.07) is 0. The number of nitrogens with two attached hydrogens (primary N) is 1. The van der Waals surface area contributed by atoms with Crippen molar-refractivity contribution in [2.75, 3.05) is 12.3 Å². The molecule has 3 rings (SSSR count). The van der Waals surface area contributed by atoms with E-state index in [0.29, 0.717) is 0 Å². The summed E-state index contributed by atoms with van der Waals surface area (Å²) in [5, 5.41) is 10.7. The Hall–Kier alpha value is -1.86. The number of hydrogen-bond donors (Lipinski definition) is 4. The highest BCUT2D eigenvalue weighted by Gasteiger charge is 2.47. The maximum atomic E-state index is 11.9. The van der Waals surface area contributed by atoms with E-state index in [2.05, 4.69) is 19.5 Å². The van der Waals surface area contributed by atoms with Crippen LogP contribution in [-0.2, 0) is 18.6 Å². The second-order valence-corrected chi connectivity index (χ2v) is 7.44. The number of nitrogens with zero attached hydrogens (tertiary/aromatic N) is 3. The fourth-order valence-electron chi connectivity index (χ4n) is 2.86. The van der Waals surface area contributed by atoms with Gasteiger partial charge in [-0.15, -0.1) is 0 Å². The number of fused-ring (bicyclic) bond motifs is 1. The molecule has 3 heterocycles. The molecule has 14 heteroatoms. The number of H-pyrrole nitrogens is 1. The van der Waals surface area contributed by atoms with Gasteiger partial charge in [0.15, 0.2) is 17.4 Å². The van der Waals surface area contributed by atoms with Crippen molar-refractivity contribution in [2.45, 2.75) is 44.5 Å². The molecule has 2 unspecified atom stereocenters. The first kappa shape index (κ1) is 19.9. The molecule has 1 saturated heterocycles. The predicted molar refractivity (Wildman–Crippen MR) is 88.3 cm³/mol. The molecule has 5 atom stereocenters. The second-order valence-electron chi connectivity index (χ2n) is 6.24. The van der Waals surface area contributed by atoms with Gasteiger partial charge < -0.3 is 34.6 Å². The SMILES string of the molecule is CC(C)O[C@@H]1C(O)[C@H](n2cnc3c(=O)[nH]c(N)nc32)O[C@@H]1COP(=O)([O-])O. The lowest BCUT2D eigenvalue weighted by molar-refractivity contribution is -0.223. The van der Waals surface area contributed by atoms with Crippen LogP contribution in [0.4, 0.5) is 5.95 Å². The van der Waals surface area contributed by atoms with Crippen molar-refractivity contribution in [3.8, 4) is 0 Å². The summed E-state index contributed by atoms with van der Waals surface area (Å²) in [6.07, 6.45) is -3.47. The molecule has 1 fully saturated rings. The molecule has 5 N–H and O–H groups in total. The monoisotopic (exact) mass is 404 g/mol. The first-order valence-corrected chi connectivity index (χ1v) is 9.46. The van der Waals surface area contributed by atoms with E-state index in [-0.39, 0.29) is 23.2 Å². The number of aromatic amines is 1. The highest BCUT2D eigenvalue weighted by molar-refractivity contribution is 7.44. The number of nitrogen functional groups attached to an aromatic ring is 1. The zero-order valence-corrected chi connectivity index (χ0v) is 15.3. The van der Waals surface area contributed by atoms with E-state index in [0.717, 1.165) is 0 Å². The Labute approximate surface area is 152 Å². The summed E-state index contributed by atoms with van der Waals surface area (Å²) in [5.41, 5.74) is 5.05. The van der Waals surface area contributed by atoms with Crippen LogP contribution < -0.4 is 16.2 Å². The van der Waals surface area contributed by atoms with Crippen LogP contribution in [0, 0.1) is 0 Å². The van der Waals surface area contributed by atoms with Crippen LogP contribution in [0.2, 0.25) is 0 Å². The molecule has 13 nitrogen and oxygen atoms in total. The largest absolute Gasteiger partial charge is 0.756 e. The van der Waals surface area contributed by atoms with Gasteiger partial charge in [0.2, 0.25) is 5.95 Å². The Morgan fingerprint density at radius 2 is 2.26 bits per heavy atom. The van der Waals surface area contributed by atoms with Crippen LogP contribution in [0.1, 0.15) is 20.1 Å². The van der Waals surface area contributed by atoms with Crippen LogP contribution in [0.3, 0.4) is 0 Å². The lowest BCUT2D eigenvalue weighted by Gasteiger charge is -2.24. The fourth-order valence-corrected chi connectivity index (χ4v) is 3.20. The van der Waals surface area contributed by atoms with Crippen molar-refractivity contribution in [3.05, 3.63) is 16.7 Å². The zero-order chi connectivity index (χ0) is 19.9. The summed E-state index contributed by atoms with van der Waals surface area (Å²) in [4.78, 5) is 41.8. The van der Waals surface area contributed by atoms with Gasteiger partial charge in [0.05, 0.1) is 19.0 Å². The quantitative estimate of drug-likeness (QED) is 0.397. The molecule has 150 valence electrons. The standard InChI is InChI=1S/C13H20N5O8P/c1-5(2)25-9-6(3-24-27(21,22)23)26-12(8(9)19)18-4-15-7-10(18)16-13(14)17-11(7)20/h4-6,8-9,12,19H,3H2,1-2H3,(H2,21,22,23)(H3,14,16,17,20)/p-1/t6-,8?,9+,12-/m1/s1. The molecule has 1 aliphatic heterocycles. The van der Waals surface area contributed by atoms with Gasteiger partial charge in [0.25, 0.3) is 13.4 Å². The lowest BCUT2D eigenvalue weighted by Crippen LogP contribution is -2.38. The maximum Gasteiger partial charge on any atom is 0.280 e. The van der Waals surface area contributed by atoms with Crippen molar-refractivity contribution in [2.24, 2.45) is 0 Å². The molecule has 2 aromatic heterocycles. The average molecular weight is 404 g/mol. The molecule has 1 aliphatic rings. The Bertz CT molecular complexity index is 923. The Balaban J connectivity index is 1.94. The van der Waals surface area contributed by atoms with Gasteiger partial charge in [-0.3, -0.25) is 18.9 Å². The van der Waals surface area contributed by atoms with Gasteiger partial charge in [-0.2, -0.15) is 4.98 Å². The predicted octanol–water partition coefficient (Wildman–Crippen LogP) is -1.77. The molecule has 0 radical (unpaired) electrons. The molecule has 27 heavy (non-hydrogen) atoms. The van der Waals surface area contributed by atoms with Crippen LogP contribution in [0.25, 0.3) is 11.2 Å². The number of imidazole rings is 1. The number of aliphatic hydroxyl groups excluding tert-OH is 1. The molecule has 0 saturated carbocycles. The van der Waals surface area contributed by atoms with E-state index >= 15 is 0 Å². The van der Waals surface area contributed by atoms with Crippen LogP contribution >= 0.6 is 7.82 Å². The van der Waals surface area contributed by atoms with E-state index in [1.165, 1.54) is 10.9 Å². The number of phosphoric acid groups is 1. The molecule has 0 aliphatic carbocycles. The van der Waals surface area contributed by atoms with Crippen molar-refractivity contribution in [3.63, 3.8) is 0 Å². The highest BCUT2D eigenvalue weighted by Crippen LogP contribution is 2.37. The number of ether oxygens (including phenoxy) is 2. The Morgan fingerprint density at radius 3 is 2.89 bits per heavy atom. The molecule has 0 spiro atoms. The first-order chi connectivity index (χ1) is 12.6. The third-order valence-electron chi connectivity index (χ3n) is 3.87. The zero-order valence-electron chi connectivity index (χ0n) is 14.4. The molecule has 0 bridgehead atoms. The number of aromatic nitrogens is 4. The fraction of sp³-hybridized carbons (Fsp3) is 0.615. The minimum atomic E-state index is -4.99. The number of anilines is 1. The van der Waals surface area contributed by atoms with Crippen LogP contribution in [-0.4, -0.2) is 60.5 Å². The van der Waals surface area contributed by atoms with E-state index in [1.807, 2.05) is 0 Å². The lowest BCUT2D eigenvalue weighted by atomic mass is 10.1. The van der Waals surface area contributed by atoms with Gasteiger partial charge in [-0.25, -0.2) is 4.98 Å². The molecule has 0 aromatic carbocycles. The molecular formula is C13H19N5O8P-. The molecule has 0 amide bonds. The summed E-state index contributed by atoms with van der Waals surface area (Å²) in [7, 11) is -4.99. The summed E-state index contributed by atoms with van der Waals surface area (Å²) >= 11 is 0. The number of phosphoric ester groups is 1. The summed E-state index contributed by atoms with van der Waals surface area (Å²) in [6.45, 7) is 2.86. The Kier molecular flexibility index (Phi) is 5.36. The average Bonchev–Trinajstić information content (AvgIpc) is 3.07. The van der Waals surface area contributed by atoms with E-state index in [4.69, 9.17) is 20.1 Å². The van der Waals surface area contributed by atoms with Crippen molar-refractivity contribution in [1.82, 2.24) is 19.5 Å². The number of aliphatic hydroxyl groups is 1. The Morgan fingerprint density at radius 1 is 1.56 bits per heavy atom. The third-order valence-corrected chi connectivity index (χ3v) is 4.34. The number of hydrogen-bond acceptors (Lipinski definition) is 10. The van der Waals surface area contributed by atoms with Gasteiger partial charge in [0.1, 0.15) is 18.3 Å². The van der Waals surface area contributed by atoms with E-state index < -0.39 is 44.5 Å². The van der Waals surface area contributed by atoms with Gasteiger partial charge in [-0.1, -0.05) is 0 Å². The normalized spacial score (nSPS) is 28.1. The number of nitrogens with one attached hydrogen (secondary N) is 1. The van der Waals surface area contributed by atoms with Crippen LogP contribution in [0.5, 0.6) is 0 Å².